The molecule has 1 aromatic heterocycles. The minimum Gasteiger partial charge on any atom is -0.444 e. The predicted octanol–water partition coefficient (Wildman–Crippen LogP) is 4.53. The Labute approximate surface area is 130 Å². The van der Waals surface area contributed by atoms with Crippen LogP contribution in [0.4, 0.5) is 0 Å². The van der Waals surface area contributed by atoms with E-state index in [1.54, 1.807) is 0 Å². The van der Waals surface area contributed by atoms with Crippen molar-refractivity contribution in [2.24, 2.45) is 0 Å². The first-order valence-corrected chi connectivity index (χ1v) is 8.20. The topological polar surface area (TPSA) is 34.4 Å². The van der Waals surface area contributed by atoms with Crippen molar-refractivity contribution < 1.29 is 9.15 Å². The van der Waals surface area contributed by atoms with Gasteiger partial charge >= 0.3 is 0 Å². The summed E-state index contributed by atoms with van der Waals surface area (Å²) in [5, 5.41) is 4.96. The highest BCUT2D eigenvalue weighted by Gasteiger charge is 2.14. The summed E-state index contributed by atoms with van der Waals surface area (Å²) in [4.78, 5) is 0. The average molecular weight is 308 g/mol. The first kappa shape index (κ1) is 14.9. The maximum Gasteiger partial charge on any atom is 0.199 e. The smallest absolute Gasteiger partial charge is 0.199 e. The molecule has 0 atom stereocenters. The lowest BCUT2D eigenvalue weighted by Gasteiger charge is -2.22. The number of halogens is 1. The molecule has 1 heterocycles. The molecule has 114 valence electrons. The van der Waals surface area contributed by atoms with Crippen LogP contribution in [0.2, 0.25) is 5.22 Å². The minimum absolute atomic E-state index is 0.471. The Kier molecular flexibility index (Phi) is 5.17. The first-order valence-electron chi connectivity index (χ1n) is 7.83. The first-order chi connectivity index (χ1) is 10.3. The highest BCUT2D eigenvalue weighted by Crippen LogP contribution is 2.29. The normalized spacial score (nSPS) is 16.6. The minimum atomic E-state index is 0.471. The molecule has 0 spiro atoms. The standard InChI is InChI=1S/C17H22ClNO2/c18-17-15(14-8-4-5-9-16(14)21-17)12-19-10-11-20-13-6-2-1-3-7-13/h4-5,8-9,13,19H,1-3,6-7,10-12H2. The van der Waals surface area contributed by atoms with Crippen LogP contribution >= 0.6 is 11.6 Å². The second-order valence-corrected chi connectivity index (χ2v) is 6.00. The van der Waals surface area contributed by atoms with E-state index in [0.29, 0.717) is 17.9 Å². The van der Waals surface area contributed by atoms with Crippen molar-refractivity contribution in [1.29, 1.82) is 0 Å². The third-order valence-corrected chi connectivity index (χ3v) is 4.44. The lowest BCUT2D eigenvalue weighted by Crippen LogP contribution is -2.24. The van der Waals surface area contributed by atoms with Crippen LogP contribution in [0.1, 0.15) is 37.7 Å². The molecule has 1 aliphatic rings. The third-order valence-electron chi connectivity index (χ3n) is 4.14. The molecular weight excluding hydrogens is 286 g/mol. The highest BCUT2D eigenvalue weighted by atomic mass is 35.5. The van der Waals surface area contributed by atoms with E-state index in [1.807, 2.05) is 24.3 Å². The van der Waals surface area contributed by atoms with Gasteiger partial charge in [-0.3, -0.25) is 0 Å². The van der Waals surface area contributed by atoms with Crippen molar-refractivity contribution in [3.8, 4) is 0 Å². The second-order valence-electron chi connectivity index (χ2n) is 5.66. The van der Waals surface area contributed by atoms with Crippen LogP contribution < -0.4 is 5.32 Å². The number of benzene rings is 1. The van der Waals surface area contributed by atoms with Gasteiger partial charge in [-0.1, -0.05) is 37.5 Å². The zero-order chi connectivity index (χ0) is 14.5. The number of ether oxygens (including phenoxy) is 1. The number of furan rings is 1. The number of hydrogen-bond donors (Lipinski definition) is 1. The molecule has 21 heavy (non-hydrogen) atoms. The van der Waals surface area contributed by atoms with Crippen LogP contribution in [0.5, 0.6) is 0 Å². The van der Waals surface area contributed by atoms with Gasteiger partial charge in [0.1, 0.15) is 5.58 Å². The van der Waals surface area contributed by atoms with Gasteiger partial charge in [0.15, 0.2) is 5.22 Å². The van der Waals surface area contributed by atoms with Crippen molar-refractivity contribution in [1.82, 2.24) is 5.32 Å². The number of rotatable bonds is 6. The lowest BCUT2D eigenvalue weighted by atomic mass is 9.98. The number of para-hydroxylation sites is 1. The third kappa shape index (κ3) is 3.79. The van der Waals surface area contributed by atoms with E-state index < -0.39 is 0 Å². The molecule has 3 nitrogen and oxygen atoms in total. The summed E-state index contributed by atoms with van der Waals surface area (Å²) in [6.45, 7) is 2.31. The summed E-state index contributed by atoms with van der Waals surface area (Å²) in [6.07, 6.45) is 6.91. The number of hydrogen-bond acceptors (Lipinski definition) is 3. The maximum absolute atomic E-state index is 6.16. The molecule has 1 aromatic carbocycles. The Morgan fingerprint density at radius 2 is 2.00 bits per heavy atom. The van der Waals surface area contributed by atoms with E-state index in [4.69, 9.17) is 20.8 Å². The molecule has 0 bridgehead atoms. The second kappa shape index (κ2) is 7.30. The van der Waals surface area contributed by atoms with Crippen molar-refractivity contribution in [2.45, 2.75) is 44.8 Å². The summed E-state index contributed by atoms with van der Waals surface area (Å²) in [7, 11) is 0. The summed E-state index contributed by atoms with van der Waals surface area (Å²) in [5.41, 5.74) is 1.88. The van der Waals surface area contributed by atoms with Crippen molar-refractivity contribution in [2.75, 3.05) is 13.2 Å². The largest absolute Gasteiger partial charge is 0.444 e. The molecule has 0 radical (unpaired) electrons. The predicted molar refractivity (Wildman–Crippen MR) is 85.8 cm³/mol. The highest BCUT2D eigenvalue weighted by molar-refractivity contribution is 6.30. The van der Waals surface area contributed by atoms with Crippen LogP contribution in [0.3, 0.4) is 0 Å². The molecule has 1 N–H and O–H groups in total. The molecule has 1 aliphatic carbocycles. The molecule has 1 saturated carbocycles. The van der Waals surface area contributed by atoms with Gasteiger partial charge in [0.25, 0.3) is 0 Å². The van der Waals surface area contributed by atoms with E-state index >= 15 is 0 Å². The Morgan fingerprint density at radius 3 is 2.86 bits per heavy atom. The van der Waals surface area contributed by atoms with Gasteiger partial charge in [-0.25, -0.2) is 0 Å². The van der Waals surface area contributed by atoms with Gasteiger partial charge < -0.3 is 14.5 Å². The van der Waals surface area contributed by atoms with Gasteiger partial charge in [-0.15, -0.1) is 0 Å². The van der Waals surface area contributed by atoms with Crippen LogP contribution in [0.15, 0.2) is 28.7 Å². The summed E-state index contributed by atoms with van der Waals surface area (Å²) < 4.78 is 11.4. The molecule has 1 fully saturated rings. The van der Waals surface area contributed by atoms with Gasteiger partial charge in [0, 0.05) is 24.0 Å². The SMILES string of the molecule is Clc1oc2ccccc2c1CNCCOC1CCCCC1. The van der Waals surface area contributed by atoms with E-state index in [2.05, 4.69) is 5.32 Å². The van der Waals surface area contributed by atoms with Crippen molar-refractivity contribution in [3.05, 3.63) is 35.0 Å². The Balaban J connectivity index is 1.45. The summed E-state index contributed by atoms with van der Waals surface area (Å²) in [5.74, 6) is 0. The zero-order valence-electron chi connectivity index (χ0n) is 12.2. The van der Waals surface area contributed by atoms with Crippen LogP contribution in [-0.4, -0.2) is 19.3 Å². The molecule has 0 aliphatic heterocycles. The molecule has 3 rings (SSSR count). The quantitative estimate of drug-likeness (QED) is 0.796. The molecular formula is C17H22ClNO2. The molecule has 4 heteroatoms. The van der Waals surface area contributed by atoms with Crippen molar-refractivity contribution in [3.63, 3.8) is 0 Å². The van der Waals surface area contributed by atoms with Gasteiger partial charge in [-0.05, 0) is 30.5 Å². The lowest BCUT2D eigenvalue weighted by molar-refractivity contribution is 0.0302. The monoisotopic (exact) mass is 307 g/mol. The van der Waals surface area contributed by atoms with Gasteiger partial charge in [0.2, 0.25) is 0 Å². The van der Waals surface area contributed by atoms with E-state index in [0.717, 1.165) is 29.7 Å². The average Bonchev–Trinajstić information content (AvgIpc) is 2.84. The molecule has 2 aromatic rings. The van der Waals surface area contributed by atoms with Crippen LogP contribution in [0.25, 0.3) is 11.0 Å². The van der Waals surface area contributed by atoms with Crippen LogP contribution in [-0.2, 0) is 11.3 Å². The van der Waals surface area contributed by atoms with E-state index in [1.165, 1.54) is 32.1 Å². The van der Waals surface area contributed by atoms with E-state index in [-0.39, 0.29) is 0 Å². The molecule has 0 unspecified atom stereocenters. The summed E-state index contributed by atoms with van der Waals surface area (Å²) in [6, 6.07) is 7.94. The van der Waals surface area contributed by atoms with Gasteiger partial charge in [0.05, 0.1) is 12.7 Å². The number of nitrogens with one attached hydrogen (secondary N) is 1. The van der Waals surface area contributed by atoms with Crippen molar-refractivity contribution >= 4 is 22.6 Å². The fourth-order valence-corrected chi connectivity index (χ4v) is 3.23. The maximum atomic E-state index is 6.16. The fraction of sp³-hybridized carbons (Fsp3) is 0.529. The zero-order valence-corrected chi connectivity index (χ0v) is 13.0. The summed E-state index contributed by atoms with van der Waals surface area (Å²) >= 11 is 6.16. The fourth-order valence-electron chi connectivity index (χ4n) is 2.98. The molecule has 0 amide bonds. The van der Waals surface area contributed by atoms with Gasteiger partial charge in [-0.2, -0.15) is 0 Å². The van der Waals surface area contributed by atoms with E-state index in [9.17, 15) is 0 Å². The number of fused-ring (bicyclic) bond motifs is 1. The Bertz CT molecular complexity index is 575. The molecule has 0 saturated heterocycles. The Hall–Kier alpha value is -1.03. The van der Waals surface area contributed by atoms with Crippen LogP contribution in [0, 0.1) is 0 Å². The Morgan fingerprint density at radius 1 is 1.19 bits per heavy atom.